The molecule has 0 aliphatic carbocycles. The van der Waals surface area contributed by atoms with Gasteiger partial charge in [0.1, 0.15) is 12.1 Å². The molecule has 0 radical (unpaired) electrons. The quantitative estimate of drug-likeness (QED) is 0.331. The molecule has 6 rings (SSSR count). The number of fused-ring (bicyclic) bond motifs is 2. The molecule has 4 aromatic rings. The summed E-state index contributed by atoms with van der Waals surface area (Å²) in [5, 5.41) is 0.920. The molecule has 3 heterocycles. The molecule has 42 heavy (non-hydrogen) atoms. The third-order valence-corrected chi connectivity index (χ3v) is 8.27. The number of amides is 3. The lowest BCUT2D eigenvalue weighted by atomic mass is 9.95. The number of carbonyl (C=O) groups is 2. The molecular weight excluding hydrogens is 532 g/mol. The van der Waals surface area contributed by atoms with Gasteiger partial charge in [0.15, 0.2) is 11.5 Å². The van der Waals surface area contributed by atoms with Crippen molar-refractivity contribution in [1.29, 1.82) is 0 Å². The fourth-order valence-electron chi connectivity index (χ4n) is 6.08. The van der Waals surface area contributed by atoms with Gasteiger partial charge in [-0.2, -0.15) is 0 Å². The van der Waals surface area contributed by atoms with E-state index in [9.17, 15) is 9.59 Å². The van der Waals surface area contributed by atoms with Crippen molar-refractivity contribution in [3.05, 3.63) is 83.7 Å². The Hall–Kier alpha value is -4.86. The van der Waals surface area contributed by atoms with Crippen LogP contribution in [0.15, 0.2) is 67.0 Å². The summed E-state index contributed by atoms with van der Waals surface area (Å²) in [4.78, 5) is 41.0. The van der Waals surface area contributed by atoms with Gasteiger partial charge >= 0.3 is 6.03 Å². The summed E-state index contributed by atoms with van der Waals surface area (Å²) in [5.74, 6) is 2.00. The molecular formula is C32H34N6O4. The lowest BCUT2D eigenvalue weighted by Gasteiger charge is -2.40. The Bertz CT molecular complexity index is 1630. The molecule has 1 aromatic heterocycles. The highest BCUT2D eigenvalue weighted by atomic mass is 16.5. The molecule has 216 valence electrons. The van der Waals surface area contributed by atoms with E-state index < -0.39 is 5.91 Å². The van der Waals surface area contributed by atoms with Crippen molar-refractivity contribution in [2.24, 2.45) is 11.7 Å². The van der Waals surface area contributed by atoms with Gasteiger partial charge in [0.05, 0.1) is 32.0 Å². The minimum atomic E-state index is -0.499. The Balaban J connectivity index is 1.18. The fraction of sp³-hybridized carbons (Fsp3) is 0.312. The second kappa shape index (κ2) is 11.6. The monoisotopic (exact) mass is 566 g/mol. The van der Waals surface area contributed by atoms with Gasteiger partial charge in [-0.1, -0.05) is 36.4 Å². The highest BCUT2D eigenvalue weighted by Crippen LogP contribution is 2.36. The van der Waals surface area contributed by atoms with Gasteiger partial charge in [0.2, 0.25) is 5.91 Å². The van der Waals surface area contributed by atoms with Crippen molar-refractivity contribution < 1.29 is 19.1 Å². The van der Waals surface area contributed by atoms with Crippen LogP contribution >= 0.6 is 0 Å². The predicted molar refractivity (Wildman–Crippen MR) is 161 cm³/mol. The van der Waals surface area contributed by atoms with E-state index >= 15 is 0 Å². The Morgan fingerprint density at radius 1 is 0.976 bits per heavy atom. The van der Waals surface area contributed by atoms with Crippen LogP contribution in [0.1, 0.15) is 34.3 Å². The third kappa shape index (κ3) is 5.15. The minimum Gasteiger partial charge on any atom is -0.493 e. The number of rotatable bonds is 8. The number of nitrogens with zero attached hydrogens (tertiary/aromatic N) is 5. The zero-order chi connectivity index (χ0) is 29.2. The van der Waals surface area contributed by atoms with Gasteiger partial charge in [0.25, 0.3) is 0 Å². The summed E-state index contributed by atoms with van der Waals surface area (Å²) in [5.41, 5.74) is 9.56. The SMILES string of the molecule is COc1cc2ncnc(N3CCC(CN4Cc5ccccc5N(Cc5ccccc5C(N)=O)C4=O)CC3)c2cc1OC. The first-order chi connectivity index (χ1) is 20.5. The molecule has 2 N–H and O–H groups in total. The Kier molecular flexibility index (Phi) is 7.52. The van der Waals surface area contributed by atoms with Crippen LogP contribution in [-0.4, -0.2) is 60.7 Å². The molecule has 1 saturated heterocycles. The molecule has 2 aliphatic heterocycles. The van der Waals surface area contributed by atoms with E-state index in [-0.39, 0.29) is 12.6 Å². The predicted octanol–water partition coefficient (Wildman–Crippen LogP) is 4.60. The molecule has 2 aliphatic rings. The second-order valence-electron chi connectivity index (χ2n) is 10.8. The lowest BCUT2D eigenvalue weighted by molar-refractivity contribution is 0.0999. The maximum absolute atomic E-state index is 13.9. The molecule has 3 aromatic carbocycles. The molecule has 0 bridgehead atoms. The Morgan fingerprint density at radius 2 is 1.69 bits per heavy atom. The molecule has 3 amide bonds. The number of carbonyl (C=O) groups excluding carboxylic acids is 2. The third-order valence-electron chi connectivity index (χ3n) is 8.27. The van der Waals surface area contributed by atoms with Crippen molar-refractivity contribution in [2.75, 3.05) is 43.7 Å². The Labute approximate surface area is 244 Å². The fourth-order valence-corrected chi connectivity index (χ4v) is 6.08. The van der Waals surface area contributed by atoms with E-state index in [4.69, 9.17) is 15.2 Å². The molecule has 0 atom stereocenters. The van der Waals surface area contributed by atoms with Gasteiger partial charge in [-0.25, -0.2) is 14.8 Å². The van der Waals surface area contributed by atoms with Crippen LogP contribution in [-0.2, 0) is 13.1 Å². The highest BCUT2D eigenvalue weighted by molar-refractivity contribution is 5.97. The number of hydrogen-bond donors (Lipinski definition) is 1. The zero-order valence-electron chi connectivity index (χ0n) is 23.8. The largest absolute Gasteiger partial charge is 0.493 e. The number of ether oxygens (including phenoxy) is 2. The Morgan fingerprint density at radius 3 is 2.45 bits per heavy atom. The number of nitrogens with two attached hydrogens (primary N) is 1. The number of primary amides is 1. The molecule has 1 fully saturated rings. The van der Waals surface area contributed by atoms with Crippen molar-refractivity contribution in [3.63, 3.8) is 0 Å². The normalized spacial score (nSPS) is 15.6. The average Bonchev–Trinajstić information content (AvgIpc) is 3.02. The maximum Gasteiger partial charge on any atom is 0.325 e. The van der Waals surface area contributed by atoms with Crippen LogP contribution in [0.3, 0.4) is 0 Å². The van der Waals surface area contributed by atoms with E-state index in [2.05, 4.69) is 20.9 Å². The van der Waals surface area contributed by atoms with Gasteiger partial charge in [-0.3, -0.25) is 9.69 Å². The number of methoxy groups -OCH3 is 2. The van der Waals surface area contributed by atoms with Crippen LogP contribution in [0.4, 0.5) is 16.3 Å². The number of urea groups is 1. The first kappa shape index (κ1) is 27.3. The summed E-state index contributed by atoms with van der Waals surface area (Å²) >= 11 is 0. The first-order valence-corrected chi connectivity index (χ1v) is 14.1. The van der Waals surface area contributed by atoms with Gasteiger partial charge in [-0.15, -0.1) is 0 Å². The maximum atomic E-state index is 13.9. The molecule has 0 spiro atoms. The van der Waals surface area contributed by atoms with Gasteiger partial charge < -0.3 is 25.0 Å². The van der Waals surface area contributed by atoms with Crippen molar-refractivity contribution in [2.45, 2.75) is 25.9 Å². The van der Waals surface area contributed by atoms with E-state index in [1.807, 2.05) is 47.4 Å². The zero-order valence-corrected chi connectivity index (χ0v) is 23.8. The topological polar surface area (TPSA) is 114 Å². The molecule has 10 heteroatoms. The van der Waals surface area contributed by atoms with Crippen LogP contribution in [0, 0.1) is 5.92 Å². The number of hydrogen-bond acceptors (Lipinski definition) is 7. The van der Waals surface area contributed by atoms with Crippen LogP contribution in [0.25, 0.3) is 10.9 Å². The van der Waals surface area contributed by atoms with Crippen molar-refractivity contribution >= 4 is 34.3 Å². The first-order valence-electron chi connectivity index (χ1n) is 14.1. The summed E-state index contributed by atoms with van der Waals surface area (Å²) in [7, 11) is 3.23. The number of benzene rings is 3. The van der Waals surface area contributed by atoms with Crippen molar-refractivity contribution in [3.8, 4) is 11.5 Å². The summed E-state index contributed by atoms with van der Waals surface area (Å²) in [6, 6.07) is 18.9. The summed E-state index contributed by atoms with van der Waals surface area (Å²) < 4.78 is 11.0. The van der Waals surface area contributed by atoms with Crippen molar-refractivity contribution in [1.82, 2.24) is 14.9 Å². The number of anilines is 2. The van der Waals surface area contributed by atoms with E-state index in [0.717, 1.165) is 59.5 Å². The molecule has 0 unspecified atom stereocenters. The number of aromatic nitrogens is 2. The highest BCUT2D eigenvalue weighted by Gasteiger charge is 2.33. The minimum absolute atomic E-state index is 0.0572. The summed E-state index contributed by atoms with van der Waals surface area (Å²) in [6.45, 7) is 3.13. The van der Waals surface area contributed by atoms with Crippen LogP contribution in [0.5, 0.6) is 11.5 Å². The van der Waals surface area contributed by atoms with Gasteiger partial charge in [-0.05, 0) is 48.1 Å². The van der Waals surface area contributed by atoms with E-state index in [0.29, 0.717) is 36.1 Å². The standard InChI is InChI=1S/C32H34N6O4/c1-41-28-15-25-26(16-29(28)42-2)34-20-35-31(25)36-13-11-21(12-14-36)17-37-18-23-8-4-6-10-27(23)38(32(37)40)19-22-7-3-5-9-24(22)30(33)39/h3-10,15-16,20-21H,11-14,17-19H2,1-2H3,(H2,33,39). The van der Waals surface area contributed by atoms with Crippen LogP contribution in [0.2, 0.25) is 0 Å². The summed E-state index contributed by atoms with van der Waals surface area (Å²) in [6.07, 6.45) is 3.44. The second-order valence-corrected chi connectivity index (χ2v) is 10.8. The average molecular weight is 567 g/mol. The van der Waals surface area contributed by atoms with Gasteiger partial charge in [0, 0.05) is 43.2 Å². The number of piperidine rings is 1. The smallest absolute Gasteiger partial charge is 0.325 e. The van der Waals surface area contributed by atoms with E-state index in [1.165, 1.54) is 0 Å². The van der Waals surface area contributed by atoms with Crippen LogP contribution < -0.4 is 25.0 Å². The lowest BCUT2D eigenvalue weighted by Crippen LogP contribution is -2.49. The molecule has 10 nitrogen and oxygen atoms in total. The molecule has 0 saturated carbocycles. The van der Waals surface area contributed by atoms with E-state index in [1.54, 1.807) is 37.6 Å². The number of para-hydroxylation sites is 1.